The first-order valence-electron chi connectivity index (χ1n) is 6.01. The Labute approximate surface area is 116 Å². The minimum Gasteiger partial charge on any atom is -0.379 e. The van der Waals surface area contributed by atoms with Gasteiger partial charge in [0.25, 0.3) is 0 Å². The van der Waals surface area contributed by atoms with Crippen molar-refractivity contribution in [3.05, 3.63) is 65.6 Å². The van der Waals surface area contributed by atoms with Crippen molar-refractivity contribution in [2.24, 2.45) is 0 Å². The van der Waals surface area contributed by atoms with Crippen LogP contribution in [0.15, 0.2) is 54.7 Å². The zero-order valence-electron chi connectivity index (χ0n) is 10.2. The SMILES string of the molecule is Clc1cc(NCc2ccc3ccccc3n2)ccn1. The lowest BCUT2D eigenvalue weighted by atomic mass is 10.2. The average molecular weight is 270 g/mol. The van der Waals surface area contributed by atoms with Crippen LogP contribution in [0.3, 0.4) is 0 Å². The molecule has 0 aliphatic heterocycles. The Morgan fingerprint density at radius 2 is 1.95 bits per heavy atom. The first-order valence-corrected chi connectivity index (χ1v) is 6.39. The molecular formula is C15H12ClN3. The number of para-hydroxylation sites is 1. The minimum atomic E-state index is 0.483. The van der Waals surface area contributed by atoms with Crippen molar-refractivity contribution < 1.29 is 0 Å². The fraction of sp³-hybridized carbons (Fsp3) is 0.0667. The van der Waals surface area contributed by atoms with Gasteiger partial charge in [-0.25, -0.2) is 4.98 Å². The molecule has 3 nitrogen and oxygen atoms in total. The van der Waals surface area contributed by atoms with Crippen LogP contribution in [-0.2, 0) is 6.54 Å². The van der Waals surface area contributed by atoms with Gasteiger partial charge in [-0.3, -0.25) is 4.98 Å². The van der Waals surface area contributed by atoms with E-state index in [9.17, 15) is 0 Å². The van der Waals surface area contributed by atoms with Crippen LogP contribution in [0.1, 0.15) is 5.69 Å². The highest BCUT2D eigenvalue weighted by Crippen LogP contribution is 2.15. The van der Waals surface area contributed by atoms with E-state index in [4.69, 9.17) is 11.6 Å². The number of pyridine rings is 2. The van der Waals surface area contributed by atoms with Gasteiger partial charge in [-0.05, 0) is 24.3 Å². The molecule has 0 radical (unpaired) electrons. The molecule has 0 fully saturated rings. The monoisotopic (exact) mass is 269 g/mol. The van der Waals surface area contributed by atoms with E-state index >= 15 is 0 Å². The molecule has 0 amide bonds. The predicted molar refractivity (Wildman–Crippen MR) is 78.3 cm³/mol. The Morgan fingerprint density at radius 3 is 2.84 bits per heavy atom. The number of benzene rings is 1. The lowest BCUT2D eigenvalue weighted by Crippen LogP contribution is -2.01. The number of anilines is 1. The van der Waals surface area contributed by atoms with E-state index < -0.39 is 0 Å². The summed E-state index contributed by atoms with van der Waals surface area (Å²) in [4.78, 5) is 8.55. The van der Waals surface area contributed by atoms with Crippen molar-refractivity contribution in [2.45, 2.75) is 6.54 Å². The summed E-state index contributed by atoms with van der Waals surface area (Å²) in [6.45, 7) is 0.658. The van der Waals surface area contributed by atoms with Crippen LogP contribution in [0, 0.1) is 0 Å². The summed E-state index contributed by atoms with van der Waals surface area (Å²) >= 11 is 5.84. The molecule has 94 valence electrons. The topological polar surface area (TPSA) is 37.8 Å². The van der Waals surface area contributed by atoms with Gasteiger partial charge in [-0.15, -0.1) is 0 Å². The third-order valence-corrected chi connectivity index (χ3v) is 3.06. The Balaban J connectivity index is 1.78. The smallest absolute Gasteiger partial charge is 0.131 e. The van der Waals surface area contributed by atoms with Gasteiger partial charge >= 0.3 is 0 Å². The van der Waals surface area contributed by atoms with Gasteiger partial charge in [0, 0.05) is 17.3 Å². The highest BCUT2D eigenvalue weighted by Gasteiger charge is 1.99. The zero-order valence-corrected chi connectivity index (χ0v) is 10.9. The number of hydrogen-bond donors (Lipinski definition) is 1. The summed E-state index contributed by atoms with van der Waals surface area (Å²) < 4.78 is 0. The van der Waals surface area contributed by atoms with Crippen LogP contribution in [0.4, 0.5) is 5.69 Å². The van der Waals surface area contributed by atoms with E-state index in [0.29, 0.717) is 11.7 Å². The molecule has 0 spiro atoms. The summed E-state index contributed by atoms with van der Waals surface area (Å²) in [6.07, 6.45) is 1.68. The number of hydrogen-bond acceptors (Lipinski definition) is 3. The van der Waals surface area contributed by atoms with Gasteiger partial charge in [-0.2, -0.15) is 0 Å². The van der Waals surface area contributed by atoms with Crippen molar-refractivity contribution in [2.75, 3.05) is 5.32 Å². The first-order chi connectivity index (χ1) is 9.31. The summed E-state index contributed by atoms with van der Waals surface area (Å²) in [6, 6.07) is 15.9. The summed E-state index contributed by atoms with van der Waals surface area (Å²) in [7, 11) is 0. The third-order valence-electron chi connectivity index (χ3n) is 2.86. The second-order valence-electron chi connectivity index (χ2n) is 4.22. The summed E-state index contributed by atoms with van der Waals surface area (Å²) in [5, 5.41) is 4.91. The van der Waals surface area contributed by atoms with Gasteiger partial charge in [0.05, 0.1) is 17.8 Å². The lowest BCUT2D eigenvalue weighted by Gasteiger charge is -2.06. The van der Waals surface area contributed by atoms with Gasteiger partial charge in [0.2, 0.25) is 0 Å². The molecule has 0 saturated heterocycles. The Kier molecular flexibility index (Phi) is 3.29. The molecule has 3 rings (SSSR count). The van der Waals surface area contributed by atoms with Crippen LogP contribution in [0.2, 0.25) is 5.15 Å². The fourth-order valence-electron chi connectivity index (χ4n) is 1.91. The molecule has 0 saturated carbocycles. The number of nitrogens with zero attached hydrogens (tertiary/aromatic N) is 2. The Morgan fingerprint density at radius 1 is 1.05 bits per heavy atom. The fourth-order valence-corrected chi connectivity index (χ4v) is 2.09. The quantitative estimate of drug-likeness (QED) is 0.733. The lowest BCUT2D eigenvalue weighted by molar-refractivity contribution is 1.06. The largest absolute Gasteiger partial charge is 0.379 e. The molecule has 2 aromatic heterocycles. The minimum absolute atomic E-state index is 0.483. The van der Waals surface area contributed by atoms with Gasteiger partial charge in [-0.1, -0.05) is 35.9 Å². The maximum Gasteiger partial charge on any atom is 0.131 e. The molecule has 0 aliphatic carbocycles. The highest BCUT2D eigenvalue weighted by atomic mass is 35.5. The van der Waals surface area contributed by atoms with Crippen LogP contribution in [0.25, 0.3) is 10.9 Å². The molecule has 3 aromatic rings. The van der Waals surface area contributed by atoms with Crippen molar-refractivity contribution >= 4 is 28.2 Å². The van der Waals surface area contributed by atoms with Gasteiger partial charge < -0.3 is 5.32 Å². The maximum absolute atomic E-state index is 5.84. The van der Waals surface area contributed by atoms with Gasteiger partial charge in [0.1, 0.15) is 5.15 Å². The van der Waals surface area contributed by atoms with Crippen LogP contribution < -0.4 is 5.32 Å². The van der Waals surface area contributed by atoms with E-state index in [2.05, 4.69) is 27.4 Å². The van der Waals surface area contributed by atoms with E-state index in [0.717, 1.165) is 22.3 Å². The van der Waals surface area contributed by atoms with E-state index in [1.807, 2.05) is 30.3 Å². The second-order valence-corrected chi connectivity index (χ2v) is 4.60. The number of nitrogens with one attached hydrogen (secondary N) is 1. The van der Waals surface area contributed by atoms with Crippen molar-refractivity contribution in [1.29, 1.82) is 0 Å². The molecular weight excluding hydrogens is 258 g/mol. The molecule has 19 heavy (non-hydrogen) atoms. The molecule has 0 bridgehead atoms. The number of fused-ring (bicyclic) bond motifs is 1. The summed E-state index contributed by atoms with van der Waals surface area (Å²) in [5.74, 6) is 0. The molecule has 0 atom stereocenters. The normalized spacial score (nSPS) is 10.6. The van der Waals surface area contributed by atoms with Crippen molar-refractivity contribution in [3.8, 4) is 0 Å². The van der Waals surface area contributed by atoms with E-state index in [1.54, 1.807) is 12.3 Å². The number of rotatable bonds is 3. The van der Waals surface area contributed by atoms with Crippen molar-refractivity contribution in [3.63, 3.8) is 0 Å². The third kappa shape index (κ3) is 2.83. The molecule has 0 unspecified atom stereocenters. The average Bonchev–Trinajstić information content (AvgIpc) is 2.45. The number of aromatic nitrogens is 2. The first kappa shape index (κ1) is 11.9. The van der Waals surface area contributed by atoms with Crippen LogP contribution >= 0.6 is 11.6 Å². The molecule has 1 aromatic carbocycles. The second kappa shape index (κ2) is 5.24. The van der Waals surface area contributed by atoms with Crippen molar-refractivity contribution in [1.82, 2.24) is 9.97 Å². The summed E-state index contributed by atoms with van der Waals surface area (Å²) in [5.41, 5.74) is 2.94. The zero-order chi connectivity index (χ0) is 13.1. The number of halogens is 1. The Bertz CT molecular complexity index is 712. The molecule has 4 heteroatoms. The Hall–Kier alpha value is -2.13. The molecule has 2 heterocycles. The van der Waals surface area contributed by atoms with Crippen LogP contribution in [0.5, 0.6) is 0 Å². The van der Waals surface area contributed by atoms with Crippen LogP contribution in [-0.4, -0.2) is 9.97 Å². The predicted octanol–water partition coefficient (Wildman–Crippen LogP) is 3.90. The molecule has 0 aliphatic rings. The maximum atomic E-state index is 5.84. The standard InChI is InChI=1S/C15H12ClN3/c16-15-9-12(7-8-17-15)18-10-13-6-5-11-3-1-2-4-14(11)19-13/h1-9H,10H2,(H,17,18). The van der Waals surface area contributed by atoms with Gasteiger partial charge in [0.15, 0.2) is 0 Å². The van der Waals surface area contributed by atoms with E-state index in [1.165, 1.54) is 0 Å². The highest BCUT2D eigenvalue weighted by molar-refractivity contribution is 6.29. The molecule has 1 N–H and O–H groups in total. The van der Waals surface area contributed by atoms with E-state index in [-0.39, 0.29) is 0 Å².